The van der Waals surface area contributed by atoms with E-state index < -0.39 is 23.7 Å². The maximum Gasteiger partial charge on any atom is 0.418 e. The number of hydrogen-bond donors (Lipinski definition) is 1. The van der Waals surface area contributed by atoms with Gasteiger partial charge >= 0.3 is 6.18 Å². The Morgan fingerprint density at radius 3 is 2.84 bits per heavy atom. The van der Waals surface area contributed by atoms with Gasteiger partial charge in [-0.05, 0) is 19.1 Å². The normalized spacial score (nSPS) is 16.6. The van der Waals surface area contributed by atoms with Gasteiger partial charge in [-0.25, -0.2) is 4.98 Å². The molecule has 9 heteroatoms. The summed E-state index contributed by atoms with van der Waals surface area (Å²) in [5, 5.41) is 2.82. The fourth-order valence-corrected chi connectivity index (χ4v) is 3.73. The Kier molecular flexibility index (Phi) is 4.59. The molecule has 1 unspecified atom stereocenters. The van der Waals surface area contributed by atoms with Crippen LogP contribution < -0.4 is 10.9 Å². The van der Waals surface area contributed by atoms with E-state index in [1.54, 1.807) is 6.92 Å². The molecule has 1 aromatic heterocycles. The minimum atomic E-state index is -4.56. The number of nitrogens with one attached hydrogen (secondary N) is 1. The van der Waals surface area contributed by atoms with Gasteiger partial charge in [-0.1, -0.05) is 23.9 Å². The first-order valence-corrected chi connectivity index (χ1v) is 8.43. The Bertz CT molecular complexity index is 880. The number of carbonyl (C=O) groups excluding carboxylic acids is 1. The van der Waals surface area contributed by atoms with Gasteiger partial charge in [0.15, 0.2) is 5.16 Å². The fourth-order valence-electron chi connectivity index (χ4n) is 2.63. The number of hydrogen-bond acceptors (Lipinski definition) is 4. The van der Waals surface area contributed by atoms with Crippen LogP contribution in [0.3, 0.4) is 0 Å². The fraction of sp³-hybridized carbons (Fsp3) is 0.312. The van der Waals surface area contributed by atoms with E-state index in [1.165, 1.54) is 40.7 Å². The van der Waals surface area contributed by atoms with E-state index in [2.05, 4.69) is 10.3 Å². The van der Waals surface area contributed by atoms with Crippen molar-refractivity contribution in [2.24, 2.45) is 0 Å². The largest absolute Gasteiger partial charge is 0.418 e. The molecule has 1 amide bonds. The number of anilines is 1. The smallest absolute Gasteiger partial charge is 0.325 e. The van der Waals surface area contributed by atoms with E-state index >= 15 is 0 Å². The first-order chi connectivity index (χ1) is 11.8. The second-order valence-electron chi connectivity index (χ2n) is 5.66. The lowest BCUT2D eigenvalue weighted by atomic mass is 10.1. The molecule has 0 fully saturated rings. The summed E-state index contributed by atoms with van der Waals surface area (Å²) >= 11 is 1.35. The third kappa shape index (κ3) is 3.55. The van der Waals surface area contributed by atoms with E-state index in [-0.39, 0.29) is 17.7 Å². The highest BCUT2D eigenvalue weighted by Crippen LogP contribution is 2.35. The number of carbonyl (C=O) groups is 1. The molecule has 2 heterocycles. The van der Waals surface area contributed by atoms with Crippen LogP contribution in [0, 0.1) is 6.92 Å². The Labute approximate surface area is 145 Å². The predicted octanol–water partition coefficient (Wildman–Crippen LogP) is 3.25. The van der Waals surface area contributed by atoms with Crippen molar-refractivity contribution >= 4 is 23.4 Å². The summed E-state index contributed by atoms with van der Waals surface area (Å²) in [5.74, 6) is -0.108. The molecule has 3 rings (SSSR count). The molecule has 0 saturated heterocycles. The number of amides is 1. The summed E-state index contributed by atoms with van der Waals surface area (Å²) in [6.07, 6.45) is -3.18. The third-order valence-corrected chi connectivity index (χ3v) is 4.94. The van der Waals surface area contributed by atoms with E-state index in [1.807, 2.05) is 0 Å². The number of alkyl halides is 3. The molecule has 2 aromatic rings. The van der Waals surface area contributed by atoms with Crippen LogP contribution in [0.1, 0.15) is 23.6 Å². The van der Waals surface area contributed by atoms with E-state index in [9.17, 15) is 22.8 Å². The average molecular weight is 369 g/mol. The number of thioether (sulfide) groups is 1. The zero-order valence-electron chi connectivity index (χ0n) is 13.1. The molecule has 0 saturated carbocycles. The number of fused-ring (bicyclic) bond motifs is 1. The van der Waals surface area contributed by atoms with Gasteiger partial charge in [-0.15, -0.1) is 0 Å². The van der Waals surface area contributed by atoms with Crippen LogP contribution in [0.2, 0.25) is 0 Å². The SMILES string of the molecule is Cc1cnc2n(c1=O)C(CC(=O)Nc1ccccc1C(F)(F)F)CS2. The first kappa shape index (κ1) is 17.5. The van der Waals surface area contributed by atoms with Crippen LogP contribution in [0.5, 0.6) is 0 Å². The van der Waals surface area contributed by atoms with Gasteiger partial charge in [0.25, 0.3) is 5.56 Å². The van der Waals surface area contributed by atoms with Crippen molar-refractivity contribution < 1.29 is 18.0 Å². The summed E-state index contributed by atoms with van der Waals surface area (Å²) in [6.45, 7) is 1.63. The van der Waals surface area contributed by atoms with Gasteiger partial charge in [0.1, 0.15) is 0 Å². The summed E-state index contributed by atoms with van der Waals surface area (Å²) in [6, 6.07) is 4.36. The highest BCUT2D eigenvalue weighted by molar-refractivity contribution is 7.99. The Hall–Kier alpha value is -2.29. The second kappa shape index (κ2) is 6.55. The highest BCUT2D eigenvalue weighted by Gasteiger charge is 2.34. The summed E-state index contributed by atoms with van der Waals surface area (Å²) in [7, 11) is 0. The number of aromatic nitrogens is 2. The third-order valence-electron chi connectivity index (χ3n) is 3.83. The number of para-hydroxylation sites is 1. The van der Waals surface area contributed by atoms with Crippen molar-refractivity contribution in [1.29, 1.82) is 0 Å². The molecule has 5 nitrogen and oxygen atoms in total. The topological polar surface area (TPSA) is 64.0 Å². The van der Waals surface area contributed by atoms with Crippen LogP contribution in [0.25, 0.3) is 0 Å². The Balaban J connectivity index is 1.79. The van der Waals surface area contributed by atoms with Crippen molar-refractivity contribution in [3.63, 3.8) is 0 Å². The quantitative estimate of drug-likeness (QED) is 0.844. The average Bonchev–Trinajstić information content (AvgIpc) is 2.94. The van der Waals surface area contributed by atoms with Crippen molar-refractivity contribution in [3.8, 4) is 0 Å². The number of nitrogens with zero attached hydrogens (tertiary/aromatic N) is 2. The molecule has 25 heavy (non-hydrogen) atoms. The first-order valence-electron chi connectivity index (χ1n) is 7.44. The van der Waals surface area contributed by atoms with Gasteiger partial charge < -0.3 is 5.32 Å². The van der Waals surface area contributed by atoms with Crippen LogP contribution >= 0.6 is 11.8 Å². The zero-order valence-corrected chi connectivity index (χ0v) is 13.9. The lowest BCUT2D eigenvalue weighted by Crippen LogP contribution is -2.29. The van der Waals surface area contributed by atoms with Crippen LogP contribution in [0.15, 0.2) is 40.4 Å². The molecule has 1 aliphatic heterocycles. The minimum absolute atomic E-state index is 0.1000. The summed E-state index contributed by atoms with van der Waals surface area (Å²) in [4.78, 5) is 28.6. The number of benzene rings is 1. The van der Waals surface area contributed by atoms with Crippen molar-refractivity contribution in [2.75, 3.05) is 11.1 Å². The highest BCUT2D eigenvalue weighted by atomic mass is 32.2. The second-order valence-corrected chi connectivity index (χ2v) is 6.65. The number of halogens is 3. The maximum absolute atomic E-state index is 13.0. The molecular weight excluding hydrogens is 355 g/mol. The van der Waals surface area contributed by atoms with Crippen molar-refractivity contribution in [2.45, 2.75) is 30.7 Å². The number of rotatable bonds is 3. The van der Waals surface area contributed by atoms with Gasteiger partial charge in [0.2, 0.25) is 5.91 Å². The summed E-state index contributed by atoms with van der Waals surface area (Å²) in [5.41, 5.74) is -0.970. The monoisotopic (exact) mass is 369 g/mol. The molecule has 0 spiro atoms. The van der Waals surface area contributed by atoms with Gasteiger partial charge in [-0.2, -0.15) is 13.2 Å². The lowest BCUT2D eigenvalue weighted by molar-refractivity contribution is -0.137. The van der Waals surface area contributed by atoms with Crippen molar-refractivity contribution in [3.05, 3.63) is 51.9 Å². The Morgan fingerprint density at radius 1 is 1.40 bits per heavy atom. The Morgan fingerprint density at radius 2 is 2.12 bits per heavy atom. The molecule has 1 aromatic carbocycles. The summed E-state index contributed by atoms with van der Waals surface area (Å²) < 4.78 is 40.4. The predicted molar refractivity (Wildman–Crippen MR) is 87.7 cm³/mol. The molecule has 0 radical (unpaired) electrons. The van der Waals surface area contributed by atoms with Crippen LogP contribution in [-0.4, -0.2) is 21.2 Å². The minimum Gasteiger partial charge on any atom is -0.325 e. The van der Waals surface area contributed by atoms with Gasteiger partial charge in [0.05, 0.1) is 17.3 Å². The molecule has 0 aliphatic carbocycles. The van der Waals surface area contributed by atoms with E-state index in [0.29, 0.717) is 16.5 Å². The molecular formula is C16H14F3N3O2S. The van der Waals surface area contributed by atoms with Crippen LogP contribution in [-0.2, 0) is 11.0 Å². The van der Waals surface area contributed by atoms with E-state index in [4.69, 9.17) is 0 Å². The van der Waals surface area contributed by atoms with Crippen LogP contribution in [0.4, 0.5) is 18.9 Å². The maximum atomic E-state index is 13.0. The molecule has 0 bridgehead atoms. The molecule has 1 N–H and O–H groups in total. The molecule has 132 valence electrons. The molecule has 1 atom stereocenters. The number of aryl methyl sites for hydroxylation is 1. The van der Waals surface area contributed by atoms with Crippen molar-refractivity contribution in [1.82, 2.24) is 9.55 Å². The molecule has 1 aliphatic rings. The zero-order chi connectivity index (χ0) is 18.2. The van der Waals surface area contributed by atoms with Gasteiger partial charge in [0, 0.05) is 23.9 Å². The van der Waals surface area contributed by atoms with E-state index in [0.717, 1.165) is 6.07 Å². The standard InChI is InChI=1S/C16H14F3N3O2S/c1-9-7-20-15-22(14(9)24)10(8-25-15)6-13(23)21-12-5-3-2-4-11(12)16(17,18)19/h2-5,7,10H,6,8H2,1H3,(H,21,23). The lowest BCUT2D eigenvalue weighted by Gasteiger charge is -2.16. The van der Waals surface area contributed by atoms with Gasteiger partial charge in [-0.3, -0.25) is 14.2 Å².